The molecule has 0 bridgehead atoms. The van der Waals surface area contributed by atoms with Crippen molar-refractivity contribution in [3.8, 4) is 0 Å². The Bertz CT molecular complexity index is 1520. The van der Waals surface area contributed by atoms with Crippen LogP contribution in [0.3, 0.4) is 0 Å². The average molecular weight is 462 g/mol. The number of imide groups is 1. The van der Waals surface area contributed by atoms with Crippen molar-refractivity contribution in [3.63, 3.8) is 0 Å². The molecule has 0 saturated carbocycles. The third-order valence-electron chi connectivity index (χ3n) is 5.01. The van der Waals surface area contributed by atoms with Crippen LogP contribution in [0, 0.1) is 6.92 Å². The van der Waals surface area contributed by atoms with Gasteiger partial charge in [-0.15, -0.1) is 0 Å². The molecule has 0 fully saturated rings. The lowest BCUT2D eigenvalue weighted by molar-refractivity contribution is 0.0893. The molecule has 4 rings (SSSR count). The van der Waals surface area contributed by atoms with Gasteiger partial charge < -0.3 is 5.73 Å². The van der Waals surface area contributed by atoms with E-state index in [1.54, 1.807) is 25.1 Å². The fourth-order valence-corrected chi connectivity index (χ4v) is 4.79. The highest BCUT2D eigenvalue weighted by Gasteiger charge is 2.38. The summed E-state index contributed by atoms with van der Waals surface area (Å²) in [5, 5.41) is -0.376. The topological polar surface area (TPSA) is 172 Å². The van der Waals surface area contributed by atoms with Gasteiger partial charge in [-0.3, -0.25) is 18.7 Å². The Morgan fingerprint density at radius 3 is 2.00 bits per heavy atom. The number of nitrogens with two attached hydrogens (primary N) is 1. The van der Waals surface area contributed by atoms with E-state index in [-0.39, 0.29) is 27.6 Å². The molecule has 1 aliphatic rings. The number of carbonyl (C=O) groups is 2. The van der Waals surface area contributed by atoms with Crippen LogP contribution in [-0.4, -0.2) is 37.8 Å². The molecule has 160 valence electrons. The lowest BCUT2D eigenvalue weighted by Gasteiger charge is -2.29. The van der Waals surface area contributed by atoms with Gasteiger partial charge >= 0.3 is 0 Å². The molecule has 1 heterocycles. The van der Waals surface area contributed by atoms with Gasteiger partial charge in [0.1, 0.15) is 4.90 Å². The fraction of sp³-hybridized carbons (Fsp3) is 0.0526. The maximum atomic E-state index is 13.3. The van der Waals surface area contributed by atoms with Crippen LogP contribution in [0.1, 0.15) is 26.3 Å². The second-order valence-corrected chi connectivity index (χ2v) is 9.72. The zero-order valence-corrected chi connectivity index (χ0v) is 17.4. The van der Waals surface area contributed by atoms with Gasteiger partial charge in [0.15, 0.2) is 0 Å². The largest absolute Gasteiger partial charge is 0.397 e. The molecular formula is C19H14N2O8S2. The van der Waals surface area contributed by atoms with Crippen molar-refractivity contribution in [1.29, 1.82) is 0 Å². The van der Waals surface area contributed by atoms with Gasteiger partial charge in [0.25, 0.3) is 32.1 Å². The second kappa shape index (κ2) is 6.59. The predicted octanol–water partition coefficient (Wildman–Crippen LogP) is 2.02. The summed E-state index contributed by atoms with van der Waals surface area (Å²) in [7, 11) is -9.75. The van der Waals surface area contributed by atoms with Crippen LogP contribution >= 0.6 is 0 Å². The number of para-hydroxylation sites is 1. The highest BCUT2D eigenvalue weighted by atomic mass is 32.2. The number of hydrogen-bond donors (Lipinski definition) is 3. The number of nitrogens with zero attached hydrogens (tertiary/aromatic N) is 1. The molecule has 10 nitrogen and oxygen atoms in total. The number of aryl methyl sites for hydroxylation is 1. The van der Waals surface area contributed by atoms with Crippen molar-refractivity contribution in [2.45, 2.75) is 16.7 Å². The Morgan fingerprint density at radius 1 is 0.871 bits per heavy atom. The molecule has 0 spiro atoms. The molecule has 2 amide bonds. The Hall–Kier alpha value is -3.32. The van der Waals surface area contributed by atoms with Gasteiger partial charge in [0.05, 0.1) is 27.4 Å². The minimum absolute atomic E-state index is 0.0860. The molecule has 3 aromatic carbocycles. The van der Waals surface area contributed by atoms with Crippen LogP contribution in [0.4, 0.5) is 11.4 Å². The van der Waals surface area contributed by atoms with Crippen LogP contribution in [0.5, 0.6) is 0 Å². The zero-order valence-electron chi connectivity index (χ0n) is 15.7. The predicted molar refractivity (Wildman–Crippen MR) is 110 cm³/mol. The first-order chi connectivity index (χ1) is 14.3. The van der Waals surface area contributed by atoms with Crippen molar-refractivity contribution in [2.75, 3.05) is 10.6 Å². The summed E-state index contributed by atoms with van der Waals surface area (Å²) < 4.78 is 66.3. The number of amides is 2. The zero-order chi connectivity index (χ0) is 22.9. The number of rotatable bonds is 3. The van der Waals surface area contributed by atoms with E-state index in [2.05, 4.69) is 0 Å². The van der Waals surface area contributed by atoms with E-state index in [4.69, 9.17) is 5.73 Å². The van der Waals surface area contributed by atoms with Crippen molar-refractivity contribution < 1.29 is 35.5 Å². The lowest BCUT2D eigenvalue weighted by Crippen LogP contribution is -2.41. The van der Waals surface area contributed by atoms with Crippen LogP contribution in [0.15, 0.2) is 52.3 Å². The maximum Gasteiger partial charge on any atom is 0.296 e. The van der Waals surface area contributed by atoms with E-state index in [1.807, 2.05) is 0 Å². The first-order valence-electron chi connectivity index (χ1n) is 8.62. The van der Waals surface area contributed by atoms with E-state index in [0.717, 1.165) is 23.1 Å². The highest BCUT2D eigenvalue weighted by Crippen LogP contribution is 2.40. The van der Waals surface area contributed by atoms with Crippen molar-refractivity contribution >= 4 is 54.2 Å². The van der Waals surface area contributed by atoms with Gasteiger partial charge in [0.2, 0.25) is 0 Å². The molecule has 0 atom stereocenters. The molecule has 1 aliphatic heterocycles. The van der Waals surface area contributed by atoms with E-state index in [1.165, 1.54) is 6.07 Å². The Morgan fingerprint density at radius 2 is 1.45 bits per heavy atom. The van der Waals surface area contributed by atoms with Crippen LogP contribution < -0.4 is 10.6 Å². The van der Waals surface area contributed by atoms with E-state index in [0.29, 0.717) is 5.56 Å². The van der Waals surface area contributed by atoms with Gasteiger partial charge in [-0.05, 0) is 36.8 Å². The first-order valence-corrected chi connectivity index (χ1v) is 11.5. The Kier molecular flexibility index (Phi) is 4.45. The van der Waals surface area contributed by atoms with Crippen molar-refractivity contribution in [2.24, 2.45) is 0 Å². The van der Waals surface area contributed by atoms with Gasteiger partial charge in [0, 0.05) is 10.8 Å². The summed E-state index contributed by atoms with van der Waals surface area (Å²) in [6.07, 6.45) is 0. The van der Waals surface area contributed by atoms with Gasteiger partial charge in [-0.2, -0.15) is 16.8 Å². The van der Waals surface area contributed by atoms with Gasteiger partial charge in [-0.1, -0.05) is 18.2 Å². The number of nitrogen functional groups attached to an aromatic ring is 1. The molecule has 12 heteroatoms. The molecule has 0 saturated heterocycles. The van der Waals surface area contributed by atoms with E-state index >= 15 is 0 Å². The quantitative estimate of drug-likeness (QED) is 0.299. The molecule has 4 N–H and O–H groups in total. The van der Waals surface area contributed by atoms with Crippen LogP contribution in [-0.2, 0) is 20.2 Å². The Labute approximate surface area is 176 Å². The summed E-state index contributed by atoms with van der Waals surface area (Å²) in [4.78, 5) is 25.7. The molecule has 0 radical (unpaired) electrons. The smallest absolute Gasteiger partial charge is 0.296 e. The monoisotopic (exact) mass is 462 g/mol. The normalized spacial score (nSPS) is 14.4. The fourth-order valence-electron chi connectivity index (χ4n) is 3.60. The van der Waals surface area contributed by atoms with Crippen molar-refractivity contribution in [1.82, 2.24) is 0 Å². The molecule has 0 unspecified atom stereocenters. The number of hydrogen-bond acceptors (Lipinski definition) is 7. The minimum atomic E-state index is -4.91. The molecule has 0 aliphatic carbocycles. The first kappa shape index (κ1) is 20.9. The summed E-state index contributed by atoms with van der Waals surface area (Å²) >= 11 is 0. The summed E-state index contributed by atoms with van der Waals surface area (Å²) in [5.41, 5.74) is 5.44. The standard InChI is InChI=1S/C19H14N2O8S2/c1-9-4-2-3-5-14(9)21-18(22)12-7-10(30(24,25)26)6-11-16(12)13(19(21)23)8-15(17(11)20)31(27,28)29/h2-8H,20H2,1H3,(H,24,25,26)(H,27,28,29). The van der Waals surface area contributed by atoms with Gasteiger partial charge in [-0.25, -0.2) is 4.90 Å². The molecule has 31 heavy (non-hydrogen) atoms. The SMILES string of the molecule is Cc1ccccc1N1C(=O)c2cc(S(=O)(=O)O)cc3c(N)c(S(=O)(=O)O)cc(c23)C1=O. The summed E-state index contributed by atoms with van der Waals surface area (Å²) in [6, 6.07) is 8.95. The number of benzene rings is 3. The molecule has 0 aromatic heterocycles. The van der Waals surface area contributed by atoms with E-state index < -0.39 is 47.5 Å². The summed E-state index contributed by atoms with van der Waals surface area (Å²) in [5.74, 6) is -1.78. The number of carbonyl (C=O) groups excluding carboxylic acids is 2. The highest BCUT2D eigenvalue weighted by molar-refractivity contribution is 7.86. The number of anilines is 2. The van der Waals surface area contributed by atoms with Crippen LogP contribution in [0.2, 0.25) is 0 Å². The molecular weight excluding hydrogens is 448 g/mol. The molecule has 3 aromatic rings. The maximum absolute atomic E-state index is 13.3. The van der Waals surface area contributed by atoms with Crippen molar-refractivity contribution in [3.05, 3.63) is 59.2 Å². The third-order valence-corrected chi connectivity index (χ3v) is 6.74. The van der Waals surface area contributed by atoms with Crippen LogP contribution in [0.25, 0.3) is 10.8 Å². The van der Waals surface area contributed by atoms with E-state index in [9.17, 15) is 35.5 Å². The second-order valence-electron chi connectivity index (χ2n) is 6.91. The third kappa shape index (κ3) is 3.16. The summed E-state index contributed by atoms with van der Waals surface area (Å²) in [6.45, 7) is 1.64. The Balaban J connectivity index is 2.19. The lowest BCUT2D eigenvalue weighted by atomic mass is 9.92. The average Bonchev–Trinajstić information content (AvgIpc) is 2.66. The minimum Gasteiger partial charge on any atom is -0.397 e.